The third-order valence-corrected chi connectivity index (χ3v) is 5.03. The fourth-order valence-corrected chi connectivity index (χ4v) is 3.64. The highest BCUT2D eigenvalue weighted by molar-refractivity contribution is 6.05. The third-order valence-electron chi connectivity index (χ3n) is 5.03. The molecule has 1 aliphatic heterocycles. The molecule has 3 amide bonds. The van der Waals surface area contributed by atoms with Gasteiger partial charge in [-0.1, -0.05) is 18.9 Å². The van der Waals surface area contributed by atoms with Gasteiger partial charge in [0.05, 0.1) is 23.1 Å². The summed E-state index contributed by atoms with van der Waals surface area (Å²) in [6, 6.07) is 4.41. The van der Waals surface area contributed by atoms with Crippen LogP contribution in [-0.4, -0.2) is 29.2 Å². The molecule has 0 bridgehead atoms. The molecule has 2 atom stereocenters. The number of rotatable bonds is 5. The molecule has 6 nitrogen and oxygen atoms in total. The number of carbonyl (C=O) groups excluding carboxylic acids is 3. The molecule has 27 heavy (non-hydrogen) atoms. The molecule has 9 heteroatoms. The monoisotopic (exact) mass is 383 g/mol. The summed E-state index contributed by atoms with van der Waals surface area (Å²) < 4.78 is 38.0. The number of anilines is 1. The van der Waals surface area contributed by atoms with E-state index >= 15 is 0 Å². The lowest BCUT2D eigenvalue weighted by atomic mass is 9.81. The molecule has 0 radical (unpaired) electrons. The van der Waals surface area contributed by atoms with Gasteiger partial charge >= 0.3 is 6.18 Å². The summed E-state index contributed by atoms with van der Waals surface area (Å²) in [7, 11) is 0. The number of alkyl halides is 3. The van der Waals surface area contributed by atoms with E-state index in [1.54, 1.807) is 0 Å². The second-order valence-electron chi connectivity index (χ2n) is 6.83. The van der Waals surface area contributed by atoms with E-state index in [4.69, 9.17) is 0 Å². The predicted octanol–water partition coefficient (Wildman–Crippen LogP) is 2.71. The van der Waals surface area contributed by atoms with Gasteiger partial charge in [-0.15, -0.1) is 0 Å². The lowest BCUT2D eigenvalue weighted by molar-refractivity contribution is -0.140. The van der Waals surface area contributed by atoms with Crippen molar-refractivity contribution < 1.29 is 27.6 Å². The van der Waals surface area contributed by atoms with Crippen molar-refractivity contribution in [2.75, 3.05) is 12.0 Å². The van der Waals surface area contributed by atoms with Crippen LogP contribution in [0.5, 0.6) is 0 Å². The van der Waals surface area contributed by atoms with Gasteiger partial charge in [0.15, 0.2) is 0 Å². The van der Waals surface area contributed by atoms with E-state index in [2.05, 4.69) is 10.9 Å². The molecule has 1 aromatic carbocycles. The summed E-state index contributed by atoms with van der Waals surface area (Å²) >= 11 is 0. The quantitative estimate of drug-likeness (QED) is 0.605. The van der Waals surface area contributed by atoms with Crippen molar-refractivity contribution in [1.29, 1.82) is 0 Å². The highest BCUT2D eigenvalue weighted by Gasteiger charge is 2.47. The Morgan fingerprint density at radius 2 is 1.74 bits per heavy atom. The van der Waals surface area contributed by atoms with Crippen molar-refractivity contribution in [3.8, 4) is 0 Å². The van der Waals surface area contributed by atoms with Crippen molar-refractivity contribution in [3.05, 3.63) is 29.8 Å². The first-order valence-electron chi connectivity index (χ1n) is 8.84. The van der Waals surface area contributed by atoms with Gasteiger partial charge in [0, 0.05) is 13.0 Å². The van der Waals surface area contributed by atoms with Crippen LogP contribution in [0.1, 0.15) is 37.7 Å². The molecule has 2 aliphatic rings. The van der Waals surface area contributed by atoms with E-state index in [0.717, 1.165) is 29.9 Å². The van der Waals surface area contributed by atoms with Gasteiger partial charge in [-0.25, -0.2) is 0 Å². The fraction of sp³-hybridized carbons (Fsp3) is 0.500. The summed E-state index contributed by atoms with van der Waals surface area (Å²) in [5, 5.41) is 0. The van der Waals surface area contributed by atoms with Gasteiger partial charge in [0.1, 0.15) is 0 Å². The van der Waals surface area contributed by atoms with Crippen LogP contribution in [0.15, 0.2) is 24.3 Å². The molecule has 0 spiro atoms. The number of amides is 3. The van der Waals surface area contributed by atoms with Crippen molar-refractivity contribution in [2.45, 2.75) is 38.3 Å². The number of nitrogens with one attached hydrogen (secondary N) is 2. The van der Waals surface area contributed by atoms with Crippen molar-refractivity contribution in [2.24, 2.45) is 11.8 Å². The van der Waals surface area contributed by atoms with Crippen LogP contribution < -0.4 is 10.9 Å². The maximum Gasteiger partial charge on any atom is 0.416 e. The Bertz CT molecular complexity index is 727. The number of imide groups is 1. The van der Waals surface area contributed by atoms with Crippen molar-refractivity contribution in [3.63, 3.8) is 0 Å². The van der Waals surface area contributed by atoms with E-state index in [9.17, 15) is 27.6 Å². The van der Waals surface area contributed by atoms with Gasteiger partial charge in [-0.3, -0.25) is 30.1 Å². The molecule has 1 aliphatic carbocycles. The van der Waals surface area contributed by atoms with Gasteiger partial charge in [0.2, 0.25) is 17.7 Å². The van der Waals surface area contributed by atoms with Gasteiger partial charge < -0.3 is 0 Å². The minimum atomic E-state index is -4.48. The second-order valence-corrected chi connectivity index (χ2v) is 6.83. The number of carbonyl (C=O) groups is 3. The zero-order chi connectivity index (χ0) is 19.6. The van der Waals surface area contributed by atoms with E-state index in [1.807, 2.05) is 0 Å². The first kappa shape index (κ1) is 19.2. The lowest BCUT2D eigenvalue weighted by Gasteiger charge is -2.19. The molecule has 1 saturated heterocycles. The normalized spacial score (nSPS) is 22.6. The second kappa shape index (κ2) is 7.58. The maximum atomic E-state index is 12.7. The smallest absolute Gasteiger partial charge is 0.299 e. The summed E-state index contributed by atoms with van der Waals surface area (Å²) in [6.45, 7) is -0.0270. The predicted molar refractivity (Wildman–Crippen MR) is 90.0 cm³/mol. The summed E-state index contributed by atoms with van der Waals surface area (Å²) in [6.07, 6.45) is -1.34. The van der Waals surface area contributed by atoms with Crippen LogP contribution in [-0.2, 0) is 20.6 Å². The Balaban J connectivity index is 1.50. The number of hydrogen-bond donors (Lipinski definition) is 2. The number of likely N-dealkylation sites (tertiary alicyclic amines) is 1. The Morgan fingerprint density at radius 1 is 1.11 bits per heavy atom. The fourth-order valence-electron chi connectivity index (χ4n) is 3.64. The highest BCUT2D eigenvalue weighted by Crippen LogP contribution is 2.38. The molecule has 0 unspecified atom stereocenters. The minimum absolute atomic E-state index is 0.0270. The van der Waals surface area contributed by atoms with Crippen LogP contribution in [0.25, 0.3) is 0 Å². The highest BCUT2D eigenvalue weighted by atomic mass is 19.4. The Labute approximate surface area is 154 Å². The lowest BCUT2D eigenvalue weighted by Crippen LogP contribution is -2.37. The number of hydrogen-bond acceptors (Lipinski definition) is 4. The zero-order valence-corrected chi connectivity index (χ0v) is 14.5. The number of halogens is 3. The molecule has 2 fully saturated rings. The van der Waals surface area contributed by atoms with Crippen LogP contribution in [0.2, 0.25) is 0 Å². The largest absolute Gasteiger partial charge is 0.416 e. The SMILES string of the molecule is O=C(CCN1C(=O)[C@H]2CCCC[C@@H]2C1=O)NNc1cccc(C(F)(F)F)c1. The van der Waals surface area contributed by atoms with Gasteiger partial charge in [0.25, 0.3) is 0 Å². The van der Waals surface area contributed by atoms with E-state index in [1.165, 1.54) is 12.1 Å². The maximum absolute atomic E-state index is 12.7. The van der Waals surface area contributed by atoms with E-state index < -0.39 is 17.6 Å². The molecule has 2 N–H and O–H groups in total. The van der Waals surface area contributed by atoms with Gasteiger partial charge in [-0.05, 0) is 31.0 Å². The Morgan fingerprint density at radius 3 is 2.33 bits per heavy atom. The topological polar surface area (TPSA) is 78.5 Å². The van der Waals surface area contributed by atoms with Crippen LogP contribution in [0, 0.1) is 11.8 Å². The molecule has 1 aromatic rings. The third kappa shape index (κ3) is 4.23. The molecule has 0 aromatic heterocycles. The Kier molecular flexibility index (Phi) is 5.38. The number of nitrogens with zero attached hydrogens (tertiary/aromatic N) is 1. The van der Waals surface area contributed by atoms with Crippen LogP contribution in [0.4, 0.5) is 18.9 Å². The molecule has 3 rings (SSSR count). The van der Waals surface area contributed by atoms with Crippen molar-refractivity contribution in [1.82, 2.24) is 10.3 Å². The molecule has 1 saturated carbocycles. The van der Waals surface area contributed by atoms with E-state index in [0.29, 0.717) is 12.8 Å². The summed E-state index contributed by atoms with van der Waals surface area (Å²) in [4.78, 5) is 37.7. The van der Waals surface area contributed by atoms with E-state index in [-0.39, 0.29) is 42.3 Å². The Hall–Kier alpha value is -2.58. The average molecular weight is 383 g/mol. The first-order valence-corrected chi connectivity index (χ1v) is 8.84. The van der Waals surface area contributed by atoms with Crippen molar-refractivity contribution >= 4 is 23.4 Å². The standard InChI is InChI=1S/C18H20F3N3O3/c19-18(20,21)11-4-3-5-12(10-11)22-23-15(25)8-9-24-16(26)13-6-1-2-7-14(13)17(24)27/h3-5,10,13-14,22H,1-2,6-9H2,(H,23,25)/t13-,14-/m0/s1. The minimum Gasteiger partial charge on any atom is -0.299 e. The molecule has 1 heterocycles. The molecular weight excluding hydrogens is 363 g/mol. The number of benzene rings is 1. The van der Waals surface area contributed by atoms with Crippen LogP contribution in [0.3, 0.4) is 0 Å². The van der Waals surface area contributed by atoms with Gasteiger partial charge in [-0.2, -0.15) is 13.2 Å². The van der Waals surface area contributed by atoms with Crippen LogP contribution >= 0.6 is 0 Å². The average Bonchev–Trinajstić information content (AvgIpc) is 2.89. The number of hydrazine groups is 1. The molecule has 146 valence electrons. The summed E-state index contributed by atoms with van der Waals surface area (Å²) in [5.74, 6) is -1.50. The summed E-state index contributed by atoms with van der Waals surface area (Å²) in [5.41, 5.74) is 3.95. The zero-order valence-electron chi connectivity index (χ0n) is 14.5. The first-order chi connectivity index (χ1) is 12.8. The number of fused-ring (bicyclic) bond motifs is 1. The molecular formula is C18H20F3N3O3.